The smallest absolute Gasteiger partial charge is 0.308 e. The second-order valence-corrected chi connectivity index (χ2v) is 6.13. The lowest BCUT2D eigenvalue weighted by molar-refractivity contribution is 0.262. The number of urea groups is 1. The first kappa shape index (κ1) is 13.1. The van der Waals surface area contributed by atoms with Crippen molar-refractivity contribution in [1.29, 1.82) is 0 Å². The van der Waals surface area contributed by atoms with Crippen LogP contribution >= 0.6 is 11.3 Å². The second-order valence-electron chi connectivity index (χ2n) is 5.04. The van der Waals surface area contributed by atoms with E-state index < -0.39 is 0 Å². The number of anilines is 2. The fraction of sp³-hybridized carbons (Fsp3) is 0.333. The van der Waals surface area contributed by atoms with E-state index in [1.54, 1.807) is 11.3 Å². The van der Waals surface area contributed by atoms with Crippen LogP contribution in [0.15, 0.2) is 24.3 Å². The minimum absolute atomic E-state index is 0.235. The van der Waals surface area contributed by atoms with E-state index in [1.807, 2.05) is 31.2 Å². The number of aryl methyl sites for hydroxylation is 3. The number of nitrogens with one attached hydrogen (secondary N) is 2. The van der Waals surface area contributed by atoms with Gasteiger partial charge < -0.3 is 5.32 Å². The average Bonchev–Trinajstić information content (AvgIpc) is 2.80. The molecule has 104 valence electrons. The summed E-state index contributed by atoms with van der Waals surface area (Å²) in [6, 6.07) is 7.50. The monoisotopic (exact) mass is 287 g/mol. The van der Waals surface area contributed by atoms with E-state index in [0.29, 0.717) is 5.13 Å². The molecule has 0 fully saturated rings. The maximum absolute atomic E-state index is 12.0. The van der Waals surface area contributed by atoms with Crippen LogP contribution in [0.2, 0.25) is 0 Å². The third-order valence-electron chi connectivity index (χ3n) is 3.34. The molecule has 0 saturated heterocycles. The molecule has 2 N–H and O–H groups in total. The van der Waals surface area contributed by atoms with Crippen LogP contribution in [0.3, 0.4) is 0 Å². The van der Waals surface area contributed by atoms with Gasteiger partial charge >= 0.3 is 6.03 Å². The van der Waals surface area contributed by atoms with Gasteiger partial charge in [-0.1, -0.05) is 12.1 Å². The second kappa shape index (κ2) is 5.63. The van der Waals surface area contributed by atoms with Gasteiger partial charge in [-0.25, -0.2) is 9.78 Å². The average molecular weight is 287 g/mol. The SMILES string of the molecule is Cc1cccc(NC(=O)Nc2nc3c(s2)CCCC3)c1. The summed E-state index contributed by atoms with van der Waals surface area (Å²) in [6.07, 6.45) is 4.55. The first-order valence-electron chi connectivity index (χ1n) is 6.84. The third-order valence-corrected chi connectivity index (χ3v) is 4.41. The Morgan fingerprint density at radius 3 is 2.90 bits per heavy atom. The molecule has 3 rings (SSSR count). The first-order chi connectivity index (χ1) is 9.70. The maximum Gasteiger partial charge on any atom is 0.325 e. The van der Waals surface area contributed by atoms with E-state index in [2.05, 4.69) is 15.6 Å². The van der Waals surface area contributed by atoms with Crippen molar-refractivity contribution in [2.75, 3.05) is 10.6 Å². The molecule has 0 bridgehead atoms. The van der Waals surface area contributed by atoms with Crippen LogP contribution in [0.4, 0.5) is 15.6 Å². The molecule has 20 heavy (non-hydrogen) atoms. The van der Waals surface area contributed by atoms with Crippen LogP contribution in [-0.4, -0.2) is 11.0 Å². The molecular weight excluding hydrogens is 270 g/mol. The molecule has 0 radical (unpaired) electrons. The van der Waals surface area contributed by atoms with Gasteiger partial charge in [0, 0.05) is 10.6 Å². The number of amides is 2. The minimum Gasteiger partial charge on any atom is -0.308 e. The number of hydrogen-bond donors (Lipinski definition) is 2. The molecule has 1 aromatic carbocycles. The molecule has 1 aromatic heterocycles. The van der Waals surface area contributed by atoms with Crippen molar-refractivity contribution in [3.05, 3.63) is 40.4 Å². The summed E-state index contributed by atoms with van der Waals surface area (Å²) in [5.74, 6) is 0. The van der Waals surface area contributed by atoms with Crippen LogP contribution in [-0.2, 0) is 12.8 Å². The third kappa shape index (κ3) is 2.99. The number of thiazole rings is 1. The molecule has 2 aromatic rings. The van der Waals surface area contributed by atoms with Crippen molar-refractivity contribution < 1.29 is 4.79 Å². The first-order valence-corrected chi connectivity index (χ1v) is 7.65. The van der Waals surface area contributed by atoms with Gasteiger partial charge in [0.05, 0.1) is 5.69 Å². The van der Waals surface area contributed by atoms with E-state index in [-0.39, 0.29) is 6.03 Å². The summed E-state index contributed by atoms with van der Waals surface area (Å²) in [7, 11) is 0. The summed E-state index contributed by atoms with van der Waals surface area (Å²) in [5, 5.41) is 6.35. The summed E-state index contributed by atoms with van der Waals surface area (Å²) in [5.41, 5.74) is 3.07. The molecule has 0 aliphatic heterocycles. The Morgan fingerprint density at radius 1 is 1.25 bits per heavy atom. The molecule has 0 atom stereocenters. The predicted octanol–water partition coefficient (Wildman–Crippen LogP) is 3.97. The number of aromatic nitrogens is 1. The Bertz CT molecular complexity index is 612. The standard InChI is InChI=1S/C15H17N3OS/c1-10-5-4-6-11(9-10)16-14(19)18-15-17-12-7-2-3-8-13(12)20-15/h4-6,9H,2-3,7-8H2,1H3,(H2,16,17,18,19). The van der Waals surface area contributed by atoms with E-state index in [0.717, 1.165) is 29.8 Å². The minimum atomic E-state index is -0.235. The fourth-order valence-electron chi connectivity index (χ4n) is 2.39. The Kier molecular flexibility index (Phi) is 3.69. The number of hydrogen-bond acceptors (Lipinski definition) is 3. The lowest BCUT2D eigenvalue weighted by atomic mass is 10.0. The van der Waals surface area contributed by atoms with Crippen molar-refractivity contribution in [3.63, 3.8) is 0 Å². The highest BCUT2D eigenvalue weighted by atomic mass is 32.1. The van der Waals surface area contributed by atoms with Crippen LogP contribution in [0, 0.1) is 6.92 Å². The van der Waals surface area contributed by atoms with Crippen molar-refractivity contribution in [1.82, 2.24) is 4.98 Å². The summed E-state index contributed by atoms with van der Waals surface area (Å²) in [6.45, 7) is 2.00. The quantitative estimate of drug-likeness (QED) is 0.878. The number of benzene rings is 1. The van der Waals surface area contributed by atoms with Crippen LogP contribution in [0.5, 0.6) is 0 Å². The highest BCUT2D eigenvalue weighted by molar-refractivity contribution is 7.15. The van der Waals surface area contributed by atoms with Crippen LogP contribution in [0.1, 0.15) is 29.0 Å². The fourth-order valence-corrected chi connectivity index (χ4v) is 3.43. The molecule has 0 saturated carbocycles. The van der Waals surface area contributed by atoms with Gasteiger partial charge in [-0.05, 0) is 50.3 Å². The molecular formula is C15H17N3OS. The largest absolute Gasteiger partial charge is 0.325 e. The lowest BCUT2D eigenvalue weighted by Gasteiger charge is -2.06. The summed E-state index contributed by atoms with van der Waals surface area (Å²) >= 11 is 1.59. The van der Waals surface area contributed by atoms with Gasteiger partial charge in [-0.15, -0.1) is 11.3 Å². The normalized spacial score (nSPS) is 13.7. The van der Waals surface area contributed by atoms with Crippen molar-refractivity contribution in [3.8, 4) is 0 Å². The number of rotatable bonds is 2. The Hall–Kier alpha value is -1.88. The molecule has 1 aliphatic rings. The van der Waals surface area contributed by atoms with Crippen LogP contribution in [0.25, 0.3) is 0 Å². The van der Waals surface area contributed by atoms with Gasteiger partial charge in [0.2, 0.25) is 0 Å². The summed E-state index contributed by atoms with van der Waals surface area (Å²) in [4.78, 5) is 17.8. The zero-order valence-corrected chi connectivity index (χ0v) is 12.2. The predicted molar refractivity (Wildman–Crippen MR) is 82.6 cm³/mol. The zero-order valence-electron chi connectivity index (χ0n) is 11.4. The summed E-state index contributed by atoms with van der Waals surface area (Å²) < 4.78 is 0. The number of fused-ring (bicyclic) bond motifs is 1. The highest BCUT2D eigenvalue weighted by Gasteiger charge is 2.16. The molecule has 5 heteroatoms. The van der Waals surface area contributed by atoms with Crippen molar-refractivity contribution in [2.24, 2.45) is 0 Å². The van der Waals surface area contributed by atoms with E-state index in [1.165, 1.54) is 17.7 Å². The van der Waals surface area contributed by atoms with Crippen molar-refractivity contribution in [2.45, 2.75) is 32.6 Å². The molecule has 1 heterocycles. The number of carbonyl (C=O) groups is 1. The van der Waals surface area contributed by atoms with E-state index >= 15 is 0 Å². The zero-order chi connectivity index (χ0) is 13.9. The van der Waals surface area contributed by atoms with Gasteiger partial charge in [0.25, 0.3) is 0 Å². The molecule has 1 aliphatic carbocycles. The highest BCUT2D eigenvalue weighted by Crippen LogP contribution is 2.29. The number of carbonyl (C=O) groups excluding carboxylic acids is 1. The van der Waals surface area contributed by atoms with Gasteiger partial charge in [0.1, 0.15) is 0 Å². The van der Waals surface area contributed by atoms with Gasteiger partial charge in [0.15, 0.2) is 5.13 Å². The molecule has 0 unspecified atom stereocenters. The van der Waals surface area contributed by atoms with E-state index in [4.69, 9.17) is 0 Å². The molecule has 0 spiro atoms. The Balaban J connectivity index is 1.65. The molecule has 4 nitrogen and oxygen atoms in total. The molecule has 2 amide bonds. The topological polar surface area (TPSA) is 54.0 Å². The van der Waals surface area contributed by atoms with Gasteiger partial charge in [-0.2, -0.15) is 0 Å². The Labute approximate surface area is 122 Å². The van der Waals surface area contributed by atoms with E-state index in [9.17, 15) is 4.79 Å². The lowest BCUT2D eigenvalue weighted by Crippen LogP contribution is -2.19. The van der Waals surface area contributed by atoms with Gasteiger partial charge in [-0.3, -0.25) is 5.32 Å². The maximum atomic E-state index is 12.0. The van der Waals surface area contributed by atoms with Crippen LogP contribution < -0.4 is 10.6 Å². The van der Waals surface area contributed by atoms with Crippen molar-refractivity contribution >= 4 is 28.2 Å². The number of nitrogens with zero attached hydrogens (tertiary/aromatic N) is 1. The Morgan fingerprint density at radius 2 is 2.10 bits per heavy atom.